The molecule has 2 amide bonds. The van der Waals surface area contributed by atoms with Gasteiger partial charge in [0.15, 0.2) is 0 Å². The van der Waals surface area contributed by atoms with Crippen molar-refractivity contribution in [2.45, 2.75) is 52.1 Å². The van der Waals surface area contributed by atoms with Crippen molar-refractivity contribution in [2.24, 2.45) is 5.92 Å². The third kappa shape index (κ3) is 4.20. The number of hydrogen-bond donors (Lipinski definition) is 1. The van der Waals surface area contributed by atoms with Gasteiger partial charge >= 0.3 is 0 Å². The summed E-state index contributed by atoms with van der Waals surface area (Å²) in [6, 6.07) is -0.656. The van der Waals surface area contributed by atoms with Crippen molar-refractivity contribution < 1.29 is 9.59 Å². The smallest absolute Gasteiger partial charge is 0.245 e. The van der Waals surface area contributed by atoms with Gasteiger partial charge in [-0.3, -0.25) is 9.59 Å². The van der Waals surface area contributed by atoms with Crippen LogP contribution in [0.2, 0.25) is 0 Å². The molecule has 1 heterocycles. The van der Waals surface area contributed by atoms with Crippen LogP contribution in [0.1, 0.15) is 40.0 Å². The molecule has 0 saturated carbocycles. The summed E-state index contributed by atoms with van der Waals surface area (Å²) in [5.41, 5.74) is 0. The van der Waals surface area contributed by atoms with Crippen LogP contribution in [-0.2, 0) is 9.59 Å². The zero-order chi connectivity index (χ0) is 15.3. The Morgan fingerprint density at radius 1 is 1.25 bits per heavy atom. The van der Waals surface area contributed by atoms with Crippen LogP contribution in [0.4, 0.5) is 0 Å². The molecule has 5 nitrogen and oxygen atoms in total. The predicted molar refractivity (Wildman–Crippen MR) is 80.3 cm³/mol. The molecule has 0 radical (unpaired) electrons. The van der Waals surface area contributed by atoms with E-state index in [2.05, 4.69) is 10.2 Å². The minimum Gasteiger partial charge on any atom is -0.343 e. The molecule has 0 bridgehead atoms. The van der Waals surface area contributed by atoms with Gasteiger partial charge in [0, 0.05) is 6.54 Å². The van der Waals surface area contributed by atoms with Crippen molar-refractivity contribution in [3.63, 3.8) is 0 Å². The Hall–Kier alpha value is -1.10. The highest BCUT2D eigenvalue weighted by Gasteiger charge is 2.40. The summed E-state index contributed by atoms with van der Waals surface area (Å²) in [7, 11) is 4.09. The highest BCUT2D eigenvalue weighted by molar-refractivity contribution is 5.97. The zero-order valence-corrected chi connectivity index (χ0v) is 13.5. The molecule has 0 aliphatic carbocycles. The lowest BCUT2D eigenvalue weighted by molar-refractivity contribution is -0.151. The lowest BCUT2D eigenvalue weighted by atomic mass is 9.96. The van der Waals surface area contributed by atoms with Crippen LogP contribution >= 0.6 is 0 Å². The van der Waals surface area contributed by atoms with E-state index in [0.29, 0.717) is 13.0 Å². The number of amides is 2. The summed E-state index contributed by atoms with van der Waals surface area (Å²) in [6.07, 6.45) is 2.64. The number of hydrogen-bond acceptors (Lipinski definition) is 3. The van der Waals surface area contributed by atoms with Gasteiger partial charge in [0.25, 0.3) is 0 Å². The molecular formula is C15H29N3O2. The number of piperazine rings is 1. The number of unbranched alkanes of at least 4 members (excludes halogenated alkanes) is 1. The Balaban J connectivity index is 2.68. The maximum atomic E-state index is 12.4. The fraction of sp³-hybridized carbons (Fsp3) is 0.867. The molecule has 116 valence electrons. The first-order valence-corrected chi connectivity index (χ1v) is 7.64. The van der Waals surface area contributed by atoms with Gasteiger partial charge < -0.3 is 15.1 Å². The highest BCUT2D eigenvalue weighted by Crippen LogP contribution is 2.19. The molecule has 1 N–H and O–H groups in total. The summed E-state index contributed by atoms with van der Waals surface area (Å²) in [5, 5.41) is 2.85. The Kier molecular flexibility index (Phi) is 6.46. The van der Waals surface area contributed by atoms with Crippen molar-refractivity contribution >= 4 is 11.8 Å². The standard InChI is InChI=1S/C15H29N3O2/c1-6-12-15(20)18(10-8-7-9-17(4)5)13(11(2)3)14(19)16-12/h11-13H,6-10H2,1-5H3,(H,16,19). The molecule has 1 saturated heterocycles. The van der Waals surface area contributed by atoms with Gasteiger partial charge in [0.2, 0.25) is 11.8 Å². The minimum atomic E-state index is -0.341. The quantitative estimate of drug-likeness (QED) is 0.712. The fourth-order valence-electron chi connectivity index (χ4n) is 2.70. The molecule has 1 rings (SSSR count). The summed E-state index contributed by atoms with van der Waals surface area (Å²) in [6.45, 7) is 7.62. The number of carbonyl (C=O) groups excluding carboxylic acids is 2. The van der Waals surface area contributed by atoms with Gasteiger partial charge in [-0.05, 0) is 45.8 Å². The molecule has 2 atom stereocenters. The van der Waals surface area contributed by atoms with Gasteiger partial charge in [-0.2, -0.15) is 0 Å². The Morgan fingerprint density at radius 3 is 2.40 bits per heavy atom. The number of carbonyl (C=O) groups is 2. The van der Waals surface area contributed by atoms with E-state index in [-0.39, 0.29) is 29.8 Å². The molecular weight excluding hydrogens is 254 g/mol. The molecule has 0 aromatic heterocycles. The maximum absolute atomic E-state index is 12.4. The average Bonchev–Trinajstić information content (AvgIpc) is 2.36. The summed E-state index contributed by atoms with van der Waals surface area (Å²) >= 11 is 0. The van der Waals surface area contributed by atoms with Crippen LogP contribution in [0, 0.1) is 5.92 Å². The van der Waals surface area contributed by atoms with Crippen LogP contribution in [0.25, 0.3) is 0 Å². The van der Waals surface area contributed by atoms with E-state index in [1.807, 2.05) is 34.9 Å². The second kappa shape index (κ2) is 7.62. The predicted octanol–water partition coefficient (Wildman–Crippen LogP) is 1.09. The number of nitrogens with zero attached hydrogens (tertiary/aromatic N) is 2. The van der Waals surface area contributed by atoms with Gasteiger partial charge in [-0.25, -0.2) is 0 Å². The largest absolute Gasteiger partial charge is 0.343 e. The van der Waals surface area contributed by atoms with E-state index in [1.54, 1.807) is 4.90 Å². The van der Waals surface area contributed by atoms with Crippen molar-refractivity contribution in [1.82, 2.24) is 15.1 Å². The maximum Gasteiger partial charge on any atom is 0.245 e. The SMILES string of the molecule is CCC1NC(=O)C(C(C)C)N(CCCCN(C)C)C1=O. The van der Waals surface area contributed by atoms with Crippen LogP contribution in [0.15, 0.2) is 0 Å². The Bertz CT molecular complexity index is 342. The number of nitrogens with one attached hydrogen (secondary N) is 1. The first kappa shape index (κ1) is 17.0. The monoisotopic (exact) mass is 283 g/mol. The third-order valence-corrected chi connectivity index (χ3v) is 3.80. The summed E-state index contributed by atoms with van der Waals surface area (Å²) < 4.78 is 0. The van der Waals surface area contributed by atoms with E-state index >= 15 is 0 Å². The van der Waals surface area contributed by atoms with Gasteiger partial charge in [0.05, 0.1) is 0 Å². The molecule has 1 aliphatic rings. The third-order valence-electron chi connectivity index (χ3n) is 3.80. The van der Waals surface area contributed by atoms with E-state index in [4.69, 9.17) is 0 Å². The topological polar surface area (TPSA) is 52.7 Å². The lowest BCUT2D eigenvalue weighted by Gasteiger charge is -2.40. The first-order chi connectivity index (χ1) is 9.38. The molecule has 0 aromatic rings. The Morgan fingerprint density at radius 2 is 1.90 bits per heavy atom. The Labute approximate surface area is 122 Å². The first-order valence-electron chi connectivity index (χ1n) is 7.64. The zero-order valence-electron chi connectivity index (χ0n) is 13.5. The summed E-state index contributed by atoms with van der Waals surface area (Å²) in [4.78, 5) is 28.6. The normalized spacial score (nSPS) is 23.6. The van der Waals surface area contributed by atoms with Crippen LogP contribution < -0.4 is 5.32 Å². The molecule has 0 spiro atoms. The van der Waals surface area contributed by atoms with E-state index in [0.717, 1.165) is 19.4 Å². The fourth-order valence-corrected chi connectivity index (χ4v) is 2.70. The molecule has 2 unspecified atom stereocenters. The minimum absolute atomic E-state index is 0.000871. The highest BCUT2D eigenvalue weighted by atomic mass is 16.2. The second-order valence-electron chi connectivity index (χ2n) is 6.20. The van der Waals surface area contributed by atoms with Crippen LogP contribution in [0.3, 0.4) is 0 Å². The van der Waals surface area contributed by atoms with E-state index < -0.39 is 0 Å². The molecule has 20 heavy (non-hydrogen) atoms. The average molecular weight is 283 g/mol. The van der Waals surface area contributed by atoms with Crippen LogP contribution in [-0.4, -0.2) is 60.9 Å². The second-order valence-corrected chi connectivity index (χ2v) is 6.20. The lowest BCUT2D eigenvalue weighted by Crippen LogP contribution is -2.64. The van der Waals surface area contributed by atoms with Crippen molar-refractivity contribution in [3.8, 4) is 0 Å². The van der Waals surface area contributed by atoms with Gasteiger partial charge in [-0.15, -0.1) is 0 Å². The molecule has 5 heteroatoms. The van der Waals surface area contributed by atoms with Crippen molar-refractivity contribution in [3.05, 3.63) is 0 Å². The number of rotatable bonds is 7. The van der Waals surface area contributed by atoms with Crippen LogP contribution in [0.5, 0.6) is 0 Å². The molecule has 0 aromatic carbocycles. The summed E-state index contributed by atoms with van der Waals surface area (Å²) in [5.74, 6) is 0.223. The van der Waals surface area contributed by atoms with Crippen molar-refractivity contribution in [2.75, 3.05) is 27.2 Å². The van der Waals surface area contributed by atoms with E-state index in [9.17, 15) is 9.59 Å². The molecule has 1 aliphatic heterocycles. The molecule has 1 fully saturated rings. The van der Waals surface area contributed by atoms with E-state index in [1.165, 1.54) is 0 Å². The van der Waals surface area contributed by atoms with Crippen molar-refractivity contribution in [1.29, 1.82) is 0 Å². The van der Waals surface area contributed by atoms with Gasteiger partial charge in [0.1, 0.15) is 12.1 Å². The van der Waals surface area contributed by atoms with Gasteiger partial charge in [-0.1, -0.05) is 20.8 Å².